The first-order valence-electron chi connectivity index (χ1n) is 2.13. The molecule has 0 amide bonds. The fourth-order valence-electron chi connectivity index (χ4n) is 0.224. The van der Waals surface area contributed by atoms with Crippen molar-refractivity contribution in [2.75, 3.05) is 11.5 Å². The Hall–Kier alpha value is 1.58. The van der Waals surface area contributed by atoms with Gasteiger partial charge in [0.25, 0.3) is 0 Å². The van der Waals surface area contributed by atoms with Crippen LogP contribution in [0.5, 0.6) is 0 Å². The molecule has 0 fully saturated rings. The van der Waals surface area contributed by atoms with Gasteiger partial charge in [-0.2, -0.15) is 25.3 Å². The van der Waals surface area contributed by atoms with E-state index in [1.54, 1.807) is 0 Å². The predicted octanol–water partition coefficient (Wildman–Crippen LogP) is 0.442. The van der Waals surface area contributed by atoms with Crippen molar-refractivity contribution in [1.82, 2.24) is 0 Å². The molecule has 0 bridgehead atoms. The van der Waals surface area contributed by atoms with E-state index in [1.165, 1.54) is 12.8 Å². The molecule has 0 heterocycles. The fraction of sp³-hybridized carbons (Fsp3) is 1.00. The zero-order valence-electron chi connectivity index (χ0n) is 4.43. The van der Waals surface area contributed by atoms with Crippen LogP contribution in [0, 0.1) is 0 Å². The zero-order valence-corrected chi connectivity index (χ0v) is 11.7. The quantitative estimate of drug-likeness (QED) is 0.418. The predicted molar refractivity (Wildman–Crippen MR) is 46.9 cm³/mol. The summed E-state index contributed by atoms with van der Waals surface area (Å²) in [4.78, 5) is 0. The number of thiol groups is 2. The first-order valence-corrected chi connectivity index (χ1v) is 3.40. The summed E-state index contributed by atoms with van der Waals surface area (Å²) >= 11 is 8.04. The van der Waals surface area contributed by atoms with Crippen LogP contribution >= 0.6 is 25.3 Å². The van der Waals surface area contributed by atoms with E-state index in [0.29, 0.717) is 0 Å². The van der Waals surface area contributed by atoms with E-state index >= 15 is 0 Å². The molecular weight excluding hydrogens is 321 g/mol. The van der Waals surface area contributed by atoms with E-state index in [2.05, 4.69) is 25.3 Å². The van der Waals surface area contributed by atoms with E-state index in [1.807, 2.05) is 0 Å². The third-order valence-electron chi connectivity index (χ3n) is 0.566. The van der Waals surface area contributed by atoms with Crippen molar-refractivity contribution in [2.24, 2.45) is 0 Å². The molecule has 0 aliphatic heterocycles. The van der Waals surface area contributed by atoms with Gasteiger partial charge in [0.2, 0.25) is 0 Å². The standard InChI is InChI=1S/C4H10S2.Bi.3H/c5-3-1-2-4-6;;;;/h5-6H,1-4H2;;;;. The molecular formula is C4H13BiS2. The Bertz CT molecular complexity index is 21.7. The molecule has 0 spiro atoms. The molecule has 3 heteroatoms. The monoisotopic (exact) mass is 334 g/mol. The first-order chi connectivity index (χ1) is 2.91. The molecule has 0 nitrogen and oxygen atoms in total. The van der Waals surface area contributed by atoms with Gasteiger partial charge in [-0.3, -0.25) is 0 Å². The molecule has 0 aromatic rings. The Labute approximate surface area is 75.4 Å². The van der Waals surface area contributed by atoms with Gasteiger partial charge in [0.1, 0.15) is 0 Å². The minimum atomic E-state index is 0. The van der Waals surface area contributed by atoms with Gasteiger partial charge < -0.3 is 0 Å². The molecule has 0 rings (SSSR count). The second-order valence-electron chi connectivity index (χ2n) is 1.15. The molecule has 0 aliphatic rings. The molecule has 0 aromatic carbocycles. The van der Waals surface area contributed by atoms with Gasteiger partial charge in [0, 0.05) is 0 Å². The van der Waals surface area contributed by atoms with Gasteiger partial charge in [0.15, 0.2) is 0 Å². The minimum absolute atomic E-state index is 0. The maximum absolute atomic E-state index is 4.02. The normalized spacial score (nSPS) is 7.71. The van der Waals surface area contributed by atoms with Crippen LogP contribution in [0.25, 0.3) is 0 Å². The number of hydrogen-bond acceptors (Lipinski definition) is 2. The van der Waals surface area contributed by atoms with Gasteiger partial charge in [-0.25, -0.2) is 0 Å². The second kappa shape index (κ2) is 10.5. The van der Waals surface area contributed by atoms with Gasteiger partial charge >= 0.3 is 26.2 Å². The van der Waals surface area contributed by atoms with Crippen LogP contribution in [0.15, 0.2) is 0 Å². The van der Waals surface area contributed by atoms with Crippen molar-refractivity contribution in [2.45, 2.75) is 12.8 Å². The van der Waals surface area contributed by atoms with Crippen LogP contribution in [0.4, 0.5) is 0 Å². The van der Waals surface area contributed by atoms with E-state index in [9.17, 15) is 0 Å². The Morgan fingerprint density at radius 3 is 1.29 bits per heavy atom. The van der Waals surface area contributed by atoms with Crippen molar-refractivity contribution in [1.29, 1.82) is 0 Å². The Kier molecular flexibility index (Phi) is 17.2. The summed E-state index contributed by atoms with van der Waals surface area (Å²) in [6.07, 6.45) is 2.40. The summed E-state index contributed by atoms with van der Waals surface area (Å²) in [5.74, 6) is 2.00. The van der Waals surface area contributed by atoms with E-state index in [4.69, 9.17) is 0 Å². The van der Waals surface area contributed by atoms with Crippen molar-refractivity contribution < 1.29 is 0 Å². The molecule has 0 aromatic heterocycles. The average molecular weight is 334 g/mol. The van der Waals surface area contributed by atoms with Crippen LogP contribution in [-0.4, -0.2) is 37.7 Å². The van der Waals surface area contributed by atoms with Gasteiger partial charge in [-0.1, -0.05) is 0 Å². The van der Waals surface area contributed by atoms with E-state index < -0.39 is 0 Å². The third kappa shape index (κ3) is 11.3. The molecule has 0 aliphatic carbocycles. The first kappa shape index (κ1) is 11.4. The van der Waals surface area contributed by atoms with Gasteiger partial charge in [-0.05, 0) is 24.3 Å². The summed E-state index contributed by atoms with van der Waals surface area (Å²) < 4.78 is 0. The number of rotatable bonds is 3. The van der Waals surface area contributed by atoms with Crippen LogP contribution in [0.1, 0.15) is 12.8 Å². The molecule has 7 heavy (non-hydrogen) atoms. The Morgan fingerprint density at radius 1 is 0.857 bits per heavy atom. The molecule has 0 atom stereocenters. The van der Waals surface area contributed by atoms with Crippen LogP contribution in [0.3, 0.4) is 0 Å². The molecule has 0 saturated heterocycles. The third-order valence-corrected chi connectivity index (χ3v) is 1.20. The van der Waals surface area contributed by atoms with Gasteiger partial charge in [0.05, 0.1) is 0 Å². The van der Waals surface area contributed by atoms with Crippen molar-refractivity contribution in [3.05, 3.63) is 0 Å². The summed E-state index contributed by atoms with van der Waals surface area (Å²) in [6, 6.07) is 0. The Balaban J connectivity index is 0. The zero-order chi connectivity index (χ0) is 4.83. The van der Waals surface area contributed by atoms with Crippen LogP contribution in [-0.2, 0) is 0 Å². The van der Waals surface area contributed by atoms with Gasteiger partial charge in [-0.15, -0.1) is 0 Å². The fourth-order valence-corrected chi connectivity index (χ4v) is 0.671. The average Bonchev–Trinajstić information content (AvgIpc) is 1.61. The van der Waals surface area contributed by atoms with Crippen molar-refractivity contribution in [3.8, 4) is 0 Å². The summed E-state index contributed by atoms with van der Waals surface area (Å²) in [5.41, 5.74) is 0. The second-order valence-corrected chi connectivity index (χ2v) is 2.05. The van der Waals surface area contributed by atoms with Crippen molar-refractivity contribution >= 4 is 51.5 Å². The molecule has 46 valence electrons. The van der Waals surface area contributed by atoms with E-state index in [0.717, 1.165) is 11.5 Å². The molecule has 0 radical (unpaired) electrons. The molecule has 0 N–H and O–H groups in total. The van der Waals surface area contributed by atoms with Crippen LogP contribution < -0.4 is 0 Å². The Morgan fingerprint density at radius 2 is 1.14 bits per heavy atom. The topological polar surface area (TPSA) is 0 Å². The SMILES string of the molecule is SCCCCS.[BiH3]. The number of unbranched alkanes of at least 4 members (excludes halogenated alkanes) is 1. The van der Waals surface area contributed by atoms with E-state index in [-0.39, 0.29) is 26.2 Å². The summed E-state index contributed by atoms with van der Waals surface area (Å²) in [5, 5.41) is 0. The number of hydrogen-bond donors (Lipinski definition) is 2. The summed E-state index contributed by atoms with van der Waals surface area (Å²) in [6.45, 7) is 0. The molecule has 0 saturated carbocycles. The maximum atomic E-state index is 4.02. The summed E-state index contributed by atoms with van der Waals surface area (Å²) in [7, 11) is 0. The molecule has 0 unspecified atom stereocenters. The van der Waals surface area contributed by atoms with Crippen LogP contribution in [0.2, 0.25) is 0 Å². The van der Waals surface area contributed by atoms with Crippen molar-refractivity contribution in [3.63, 3.8) is 0 Å².